The van der Waals surface area contributed by atoms with Crippen LogP contribution in [0.15, 0.2) is 54.7 Å². The van der Waals surface area contributed by atoms with Gasteiger partial charge in [0.2, 0.25) is 0 Å². The Morgan fingerprint density at radius 1 is 1.15 bits per heavy atom. The van der Waals surface area contributed by atoms with Gasteiger partial charge in [-0.3, -0.25) is 0 Å². The molecule has 0 aliphatic rings. The van der Waals surface area contributed by atoms with Gasteiger partial charge in [-0.2, -0.15) is 0 Å². The van der Waals surface area contributed by atoms with Gasteiger partial charge in [-0.25, -0.2) is 9.59 Å². The molecule has 26 heavy (non-hydrogen) atoms. The summed E-state index contributed by atoms with van der Waals surface area (Å²) in [5, 5.41) is 13.3. The Morgan fingerprint density at radius 2 is 1.88 bits per heavy atom. The van der Waals surface area contributed by atoms with Gasteiger partial charge in [0.05, 0.1) is 0 Å². The second-order valence-corrected chi connectivity index (χ2v) is 6.24. The summed E-state index contributed by atoms with van der Waals surface area (Å²) in [4.78, 5) is 26.6. The van der Waals surface area contributed by atoms with E-state index in [9.17, 15) is 14.7 Å². The fourth-order valence-corrected chi connectivity index (χ4v) is 2.76. The molecule has 1 amide bonds. The quantitative estimate of drug-likeness (QED) is 0.614. The third kappa shape index (κ3) is 4.34. The number of hydrogen-bond donors (Lipinski definition) is 3. The summed E-state index contributed by atoms with van der Waals surface area (Å²) in [5.74, 6) is -1.13. The number of carboxylic acids is 1. The molecule has 0 radical (unpaired) electrons. The van der Waals surface area contributed by atoms with Crippen LogP contribution >= 0.6 is 11.6 Å². The van der Waals surface area contributed by atoms with E-state index in [0.717, 1.165) is 22.0 Å². The van der Waals surface area contributed by atoms with Crippen LogP contribution in [0.25, 0.3) is 10.9 Å². The van der Waals surface area contributed by atoms with Gasteiger partial charge in [0.25, 0.3) is 0 Å². The molecule has 0 saturated carbocycles. The van der Waals surface area contributed by atoms with Crippen LogP contribution in [-0.4, -0.2) is 28.2 Å². The van der Waals surface area contributed by atoms with E-state index in [1.807, 2.05) is 24.3 Å². The summed E-state index contributed by atoms with van der Waals surface area (Å²) >= 11 is 5.80. The molecule has 1 aromatic heterocycles. The molecule has 3 aromatic rings. The second-order valence-electron chi connectivity index (χ2n) is 5.80. The number of nitrogens with one attached hydrogen (secondary N) is 2. The number of hydrogen-bond acceptors (Lipinski definition) is 3. The van der Waals surface area contributed by atoms with Crippen molar-refractivity contribution < 1.29 is 19.4 Å². The molecular formula is C19H17ClN2O4. The Morgan fingerprint density at radius 3 is 2.62 bits per heavy atom. The molecule has 0 bridgehead atoms. The van der Waals surface area contributed by atoms with Crippen molar-refractivity contribution in [3.8, 4) is 0 Å². The van der Waals surface area contributed by atoms with E-state index in [1.165, 1.54) is 0 Å². The van der Waals surface area contributed by atoms with E-state index in [0.29, 0.717) is 5.02 Å². The minimum atomic E-state index is -1.13. The van der Waals surface area contributed by atoms with Crippen LogP contribution in [0.2, 0.25) is 5.02 Å². The number of H-pyrrole nitrogens is 1. The van der Waals surface area contributed by atoms with Gasteiger partial charge in [-0.05, 0) is 29.3 Å². The molecule has 134 valence electrons. The number of carbonyl (C=O) groups excluding carboxylic acids is 1. The van der Waals surface area contributed by atoms with Crippen LogP contribution in [0, 0.1) is 0 Å². The van der Waals surface area contributed by atoms with Gasteiger partial charge in [-0.1, -0.05) is 41.9 Å². The fraction of sp³-hybridized carbons (Fsp3) is 0.158. The summed E-state index contributed by atoms with van der Waals surface area (Å²) in [6, 6.07) is 13.3. The van der Waals surface area contributed by atoms with Crippen molar-refractivity contribution in [2.75, 3.05) is 0 Å². The number of carbonyl (C=O) groups is 2. The number of benzene rings is 2. The Balaban J connectivity index is 1.62. The molecule has 0 aliphatic heterocycles. The molecule has 1 unspecified atom stereocenters. The first-order valence-corrected chi connectivity index (χ1v) is 8.36. The Bertz CT molecular complexity index is 921. The van der Waals surface area contributed by atoms with Crippen molar-refractivity contribution in [3.63, 3.8) is 0 Å². The maximum absolute atomic E-state index is 12.0. The van der Waals surface area contributed by atoms with Crippen LogP contribution in [0.1, 0.15) is 11.1 Å². The Kier molecular flexibility index (Phi) is 5.43. The number of aromatic nitrogens is 1. The molecule has 2 aromatic carbocycles. The maximum Gasteiger partial charge on any atom is 0.408 e. The summed E-state index contributed by atoms with van der Waals surface area (Å²) in [6.07, 6.45) is 1.11. The largest absolute Gasteiger partial charge is 0.480 e. The zero-order valence-electron chi connectivity index (χ0n) is 13.7. The first-order chi connectivity index (χ1) is 12.5. The number of amides is 1. The predicted molar refractivity (Wildman–Crippen MR) is 98.2 cm³/mol. The number of ether oxygens (including phenoxy) is 1. The highest BCUT2D eigenvalue weighted by Gasteiger charge is 2.22. The van der Waals surface area contributed by atoms with Gasteiger partial charge in [0, 0.05) is 28.5 Å². The minimum absolute atomic E-state index is 0.0302. The average molecular weight is 373 g/mol. The zero-order valence-corrected chi connectivity index (χ0v) is 14.5. The van der Waals surface area contributed by atoms with Crippen molar-refractivity contribution in [1.29, 1.82) is 0 Å². The standard InChI is InChI=1S/C19H17ClN2O4/c20-14-7-5-12(6-8-14)11-26-19(25)22-17(18(23)24)9-13-10-21-16-4-2-1-3-15(13)16/h1-8,10,17,21H,9,11H2,(H,22,25)(H,23,24). The lowest BCUT2D eigenvalue weighted by molar-refractivity contribution is -0.139. The van der Waals surface area contributed by atoms with Gasteiger partial charge >= 0.3 is 12.1 Å². The van der Waals surface area contributed by atoms with E-state index in [4.69, 9.17) is 16.3 Å². The van der Waals surface area contributed by atoms with Gasteiger partial charge < -0.3 is 20.1 Å². The molecular weight excluding hydrogens is 356 g/mol. The lowest BCUT2D eigenvalue weighted by Crippen LogP contribution is -2.42. The minimum Gasteiger partial charge on any atom is -0.480 e. The number of rotatable bonds is 6. The van der Waals surface area contributed by atoms with E-state index in [-0.39, 0.29) is 13.0 Å². The molecule has 1 heterocycles. The van der Waals surface area contributed by atoms with Crippen LogP contribution in [-0.2, 0) is 22.6 Å². The summed E-state index contributed by atoms with van der Waals surface area (Å²) in [6.45, 7) is 0.0302. The van der Waals surface area contributed by atoms with Crippen molar-refractivity contribution >= 4 is 34.6 Å². The molecule has 7 heteroatoms. The predicted octanol–water partition coefficient (Wildman–Crippen LogP) is 3.74. The molecule has 3 rings (SSSR count). The van der Waals surface area contributed by atoms with E-state index in [1.54, 1.807) is 30.5 Å². The zero-order chi connectivity index (χ0) is 18.5. The van der Waals surface area contributed by atoms with E-state index in [2.05, 4.69) is 10.3 Å². The van der Waals surface area contributed by atoms with Gasteiger partial charge in [-0.15, -0.1) is 0 Å². The van der Waals surface area contributed by atoms with Crippen molar-refractivity contribution in [2.24, 2.45) is 0 Å². The SMILES string of the molecule is O=C(NC(Cc1c[nH]c2ccccc12)C(=O)O)OCc1ccc(Cl)cc1. The number of aliphatic carboxylic acids is 1. The molecule has 0 fully saturated rings. The van der Waals surface area contributed by atoms with Crippen molar-refractivity contribution in [3.05, 3.63) is 70.9 Å². The molecule has 0 spiro atoms. The normalized spacial score (nSPS) is 11.9. The first-order valence-electron chi connectivity index (χ1n) is 7.98. The maximum atomic E-state index is 12.0. The smallest absolute Gasteiger partial charge is 0.408 e. The molecule has 1 atom stereocenters. The molecule has 0 aliphatic carbocycles. The third-order valence-corrected chi connectivity index (χ3v) is 4.22. The van der Waals surface area contributed by atoms with Gasteiger partial charge in [0.1, 0.15) is 12.6 Å². The third-order valence-electron chi connectivity index (χ3n) is 3.97. The first kappa shape index (κ1) is 17.8. The highest BCUT2D eigenvalue weighted by Crippen LogP contribution is 2.19. The molecule has 0 saturated heterocycles. The van der Waals surface area contributed by atoms with E-state index < -0.39 is 18.1 Å². The average Bonchev–Trinajstić information content (AvgIpc) is 3.04. The monoisotopic (exact) mass is 372 g/mol. The highest BCUT2D eigenvalue weighted by molar-refractivity contribution is 6.30. The Labute approximate surface area is 154 Å². The van der Waals surface area contributed by atoms with E-state index >= 15 is 0 Å². The van der Waals surface area contributed by atoms with Gasteiger partial charge in [0.15, 0.2) is 0 Å². The van der Waals surface area contributed by atoms with Crippen LogP contribution in [0.5, 0.6) is 0 Å². The van der Waals surface area contributed by atoms with Crippen molar-refractivity contribution in [2.45, 2.75) is 19.1 Å². The summed E-state index contributed by atoms with van der Waals surface area (Å²) in [5.41, 5.74) is 2.48. The number of aromatic amines is 1. The Hall–Kier alpha value is -2.99. The molecule has 6 nitrogen and oxygen atoms in total. The second kappa shape index (κ2) is 7.93. The fourth-order valence-electron chi connectivity index (χ4n) is 2.63. The number of alkyl carbamates (subject to hydrolysis) is 1. The number of fused-ring (bicyclic) bond motifs is 1. The van der Waals surface area contributed by atoms with Crippen LogP contribution in [0.4, 0.5) is 4.79 Å². The van der Waals surface area contributed by atoms with Crippen molar-refractivity contribution in [1.82, 2.24) is 10.3 Å². The van der Waals surface area contributed by atoms with Crippen LogP contribution < -0.4 is 5.32 Å². The molecule has 3 N–H and O–H groups in total. The number of para-hydroxylation sites is 1. The lowest BCUT2D eigenvalue weighted by Gasteiger charge is -2.14. The summed E-state index contributed by atoms with van der Waals surface area (Å²) < 4.78 is 5.09. The highest BCUT2D eigenvalue weighted by atomic mass is 35.5. The number of carboxylic acid groups (broad SMARTS) is 1. The summed E-state index contributed by atoms with van der Waals surface area (Å²) in [7, 11) is 0. The lowest BCUT2D eigenvalue weighted by atomic mass is 10.1. The topological polar surface area (TPSA) is 91.4 Å². The van der Waals surface area contributed by atoms with Crippen LogP contribution in [0.3, 0.4) is 0 Å². The number of halogens is 1.